The van der Waals surface area contributed by atoms with Gasteiger partial charge in [0.1, 0.15) is 5.82 Å². The van der Waals surface area contributed by atoms with Gasteiger partial charge in [-0.3, -0.25) is 4.79 Å². The van der Waals surface area contributed by atoms with Gasteiger partial charge in [0, 0.05) is 5.69 Å². The van der Waals surface area contributed by atoms with E-state index in [-0.39, 0.29) is 11.7 Å². The average molecular weight is 256 g/mol. The van der Waals surface area contributed by atoms with Crippen LogP contribution < -0.4 is 5.32 Å². The molecule has 0 bridgehead atoms. The van der Waals surface area contributed by atoms with Crippen molar-refractivity contribution >= 4 is 34.5 Å². The minimum Gasteiger partial charge on any atom is -0.321 e. The summed E-state index contributed by atoms with van der Waals surface area (Å²) >= 11 is 6.89. The highest BCUT2D eigenvalue weighted by molar-refractivity contribution is 7.18. The van der Waals surface area contributed by atoms with E-state index in [1.54, 1.807) is 18.2 Å². The lowest BCUT2D eigenvalue weighted by atomic mass is 10.3. The molecule has 0 fully saturated rings. The fourth-order valence-electron chi connectivity index (χ4n) is 1.20. The van der Waals surface area contributed by atoms with E-state index in [1.165, 1.54) is 29.5 Å². The predicted molar refractivity (Wildman–Crippen MR) is 63.7 cm³/mol. The van der Waals surface area contributed by atoms with Crippen molar-refractivity contribution in [1.82, 2.24) is 0 Å². The van der Waals surface area contributed by atoms with E-state index in [2.05, 4.69) is 5.32 Å². The van der Waals surface area contributed by atoms with Crippen LogP contribution in [0.4, 0.5) is 10.1 Å². The second-order valence-electron chi connectivity index (χ2n) is 3.07. The second-order valence-corrected chi connectivity index (χ2v) is 4.78. The minimum atomic E-state index is -0.387. The van der Waals surface area contributed by atoms with E-state index in [9.17, 15) is 9.18 Å². The van der Waals surface area contributed by atoms with E-state index in [4.69, 9.17) is 11.6 Å². The number of carbonyl (C=O) groups is 1. The Morgan fingerprint density at radius 1 is 1.31 bits per heavy atom. The zero-order chi connectivity index (χ0) is 11.5. The molecule has 0 radical (unpaired) electrons. The van der Waals surface area contributed by atoms with E-state index in [0.29, 0.717) is 14.9 Å². The molecule has 0 spiro atoms. The molecule has 1 heterocycles. The molecule has 2 rings (SSSR count). The van der Waals surface area contributed by atoms with Crippen LogP contribution in [0.1, 0.15) is 9.67 Å². The summed E-state index contributed by atoms with van der Waals surface area (Å²) in [7, 11) is 0. The summed E-state index contributed by atoms with van der Waals surface area (Å²) in [6, 6.07) is 9.00. The molecule has 0 unspecified atom stereocenters. The van der Waals surface area contributed by atoms with Gasteiger partial charge < -0.3 is 5.32 Å². The highest BCUT2D eigenvalue weighted by atomic mass is 35.5. The maximum absolute atomic E-state index is 12.9. The third kappa shape index (κ3) is 2.59. The fraction of sp³-hybridized carbons (Fsp3) is 0. The lowest BCUT2D eigenvalue weighted by molar-refractivity contribution is 0.103. The van der Waals surface area contributed by atoms with Crippen molar-refractivity contribution in [1.29, 1.82) is 0 Å². The van der Waals surface area contributed by atoms with E-state index >= 15 is 0 Å². The molecule has 0 saturated carbocycles. The van der Waals surface area contributed by atoms with Crippen LogP contribution >= 0.6 is 22.9 Å². The number of thiophene rings is 1. The number of anilines is 1. The van der Waals surface area contributed by atoms with Crippen LogP contribution in [0.2, 0.25) is 4.34 Å². The monoisotopic (exact) mass is 255 g/mol. The Morgan fingerprint density at radius 3 is 2.75 bits per heavy atom. The second kappa shape index (κ2) is 4.63. The van der Waals surface area contributed by atoms with Crippen molar-refractivity contribution in [3.63, 3.8) is 0 Å². The summed E-state index contributed by atoms with van der Waals surface area (Å²) in [5.41, 5.74) is 0.425. The standard InChI is InChI=1S/C11H7ClFNOS/c12-10-5-4-9(16-10)11(15)14-8-3-1-2-7(13)6-8/h1-6H,(H,14,15). The summed E-state index contributed by atoms with van der Waals surface area (Å²) in [6.45, 7) is 0. The molecule has 0 aliphatic rings. The van der Waals surface area contributed by atoms with Gasteiger partial charge in [-0.1, -0.05) is 17.7 Å². The first-order valence-corrected chi connectivity index (χ1v) is 5.67. The Balaban J connectivity index is 2.13. The minimum absolute atomic E-state index is 0.289. The van der Waals surface area contributed by atoms with Gasteiger partial charge in [0.15, 0.2) is 0 Å². The molecule has 2 aromatic rings. The number of halogens is 2. The first-order chi connectivity index (χ1) is 7.65. The Kier molecular flexibility index (Phi) is 3.22. The van der Waals surface area contributed by atoms with Gasteiger partial charge in [-0.05, 0) is 30.3 Å². The van der Waals surface area contributed by atoms with Crippen LogP contribution in [0, 0.1) is 5.82 Å². The SMILES string of the molecule is O=C(Nc1cccc(F)c1)c1ccc(Cl)s1. The molecular formula is C11H7ClFNOS. The summed E-state index contributed by atoms with van der Waals surface area (Å²) in [4.78, 5) is 12.2. The normalized spacial score (nSPS) is 10.1. The molecule has 2 nitrogen and oxygen atoms in total. The van der Waals surface area contributed by atoms with Crippen LogP contribution in [0.3, 0.4) is 0 Å². The van der Waals surface area contributed by atoms with Crippen LogP contribution in [0.5, 0.6) is 0 Å². The van der Waals surface area contributed by atoms with Crippen molar-refractivity contribution in [2.75, 3.05) is 5.32 Å². The third-order valence-corrected chi connectivity index (χ3v) is 3.11. The number of benzene rings is 1. The predicted octanol–water partition coefficient (Wildman–Crippen LogP) is 3.79. The van der Waals surface area contributed by atoms with Crippen molar-refractivity contribution in [3.05, 3.63) is 51.4 Å². The van der Waals surface area contributed by atoms with Gasteiger partial charge >= 0.3 is 0 Å². The smallest absolute Gasteiger partial charge is 0.265 e. The Hall–Kier alpha value is -1.39. The first kappa shape index (κ1) is 11.1. The van der Waals surface area contributed by atoms with E-state index in [1.807, 2.05) is 0 Å². The maximum Gasteiger partial charge on any atom is 0.265 e. The van der Waals surface area contributed by atoms with Crippen LogP contribution in [0.15, 0.2) is 36.4 Å². The average Bonchev–Trinajstić information content (AvgIpc) is 2.65. The number of hydrogen-bond donors (Lipinski definition) is 1. The Morgan fingerprint density at radius 2 is 2.12 bits per heavy atom. The third-order valence-electron chi connectivity index (χ3n) is 1.88. The molecular weight excluding hydrogens is 249 g/mol. The van der Waals surface area contributed by atoms with Crippen LogP contribution in [-0.4, -0.2) is 5.91 Å². The largest absolute Gasteiger partial charge is 0.321 e. The van der Waals surface area contributed by atoms with Gasteiger partial charge in [-0.2, -0.15) is 0 Å². The van der Waals surface area contributed by atoms with E-state index < -0.39 is 0 Å². The zero-order valence-electron chi connectivity index (χ0n) is 8.04. The molecule has 1 amide bonds. The molecule has 1 aromatic heterocycles. The quantitative estimate of drug-likeness (QED) is 0.869. The summed E-state index contributed by atoms with van der Waals surface area (Å²) < 4.78 is 13.4. The molecule has 1 aromatic carbocycles. The Labute approximate surface area is 101 Å². The van der Waals surface area contributed by atoms with Crippen molar-refractivity contribution < 1.29 is 9.18 Å². The first-order valence-electron chi connectivity index (χ1n) is 4.47. The fourth-order valence-corrected chi connectivity index (χ4v) is 2.13. The number of carbonyl (C=O) groups excluding carboxylic acids is 1. The zero-order valence-corrected chi connectivity index (χ0v) is 9.61. The maximum atomic E-state index is 12.9. The molecule has 0 atom stereocenters. The van der Waals surface area contributed by atoms with E-state index in [0.717, 1.165) is 0 Å². The molecule has 1 N–H and O–H groups in total. The number of rotatable bonds is 2. The van der Waals surface area contributed by atoms with Crippen LogP contribution in [0.25, 0.3) is 0 Å². The summed E-state index contributed by atoms with van der Waals surface area (Å²) in [5.74, 6) is -0.676. The Bertz CT molecular complexity index is 526. The molecule has 16 heavy (non-hydrogen) atoms. The van der Waals surface area contributed by atoms with Crippen molar-refractivity contribution in [2.24, 2.45) is 0 Å². The van der Waals surface area contributed by atoms with Gasteiger partial charge in [-0.25, -0.2) is 4.39 Å². The highest BCUT2D eigenvalue weighted by Gasteiger charge is 2.08. The molecule has 0 aliphatic carbocycles. The number of amides is 1. The number of hydrogen-bond acceptors (Lipinski definition) is 2. The van der Waals surface area contributed by atoms with Gasteiger partial charge in [-0.15, -0.1) is 11.3 Å². The number of nitrogens with one attached hydrogen (secondary N) is 1. The highest BCUT2D eigenvalue weighted by Crippen LogP contribution is 2.22. The summed E-state index contributed by atoms with van der Waals surface area (Å²) in [6.07, 6.45) is 0. The molecule has 5 heteroatoms. The van der Waals surface area contributed by atoms with Gasteiger partial charge in [0.05, 0.1) is 9.21 Å². The van der Waals surface area contributed by atoms with Gasteiger partial charge in [0.2, 0.25) is 0 Å². The lowest BCUT2D eigenvalue weighted by Gasteiger charge is -2.02. The lowest BCUT2D eigenvalue weighted by Crippen LogP contribution is -2.09. The topological polar surface area (TPSA) is 29.1 Å². The molecule has 82 valence electrons. The van der Waals surface area contributed by atoms with Crippen LogP contribution in [-0.2, 0) is 0 Å². The molecule has 0 saturated heterocycles. The molecule has 0 aliphatic heterocycles. The summed E-state index contributed by atoms with van der Waals surface area (Å²) in [5, 5.41) is 2.59. The van der Waals surface area contributed by atoms with Crippen molar-refractivity contribution in [2.45, 2.75) is 0 Å². The van der Waals surface area contributed by atoms with Crippen molar-refractivity contribution in [3.8, 4) is 0 Å². The van der Waals surface area contributed by atoms with Gasteiger partial charge in [0.25, 0.3) is 5.91 Å².